The van der Waals surface area contributed by atoms with Gasteiger partial charge in [0.1, 0.15) is 0 Å². The van der Waals surface area contributed by atoms with Crippen molar-refractivity contribution >= 4 is 5.91 Å². The molecule has 4 nitrogen and oxygen atoms in total. The summed E-state index contributed by atoms with van der Waals surface area (Å²) >= 11 is 0. The standard InChI is InChI=1S/C18H29NO3/c1-12(2)11-14-15(18(14,3)4)16(20)19-7-5-13(6-8-19)17-21-9-10-22-17/h11,13-15,17H,5-10H2,1-4H3/t14-,15-/m0/s1. The first-order valence-electron chi connectivity index (χ1n) is 8.58. The highest BCUT2D eigenvalue weighted by atomic mass is 16.7. The summed E-state index contributed by atoms with van der Waals surface area (Å²) in [6.07, 6.45) is 4.23. The Hall–Kier alpha value is -0.870. The van der Waals surface area contributed by atoms with E-state index in [4.69, 9.17) is 9.47 Å². The number of ether oxygens (including phenoxy) is 2. The topological polar surface area (TPSA) is 38.8 Å². The number of hydrogen-bond donors (Lipinski definition) is 0. The number of allylic oxidation sites excluding steroid dienone is 2. The van der Waals surface area contributed by atoms with Gasteiger partial charge in [0.15, 0.2) is 6.29 Å². The molecule has 2 heterocycles. The summed E-state index contributed by atoms with van der Waals surface area (Å²) in [7, 11) is 0. The molecule has 124 valence electrons. The number of carbonyl (C=O) groups is 1. The quantitative estimate of drug-likeness (QED) is 0.753. The molecule has 0 unspecified atom stereocenters. The molecule has 4 heteroatoms. The van der Waals surface area contributed by atoms with Gasteiger partial charge in [0.25, 0.3) is 0 Å². The van der Waals surface area contributed by atoms with Crippen LogP contribution in [0.3, 0.4) is 0 Å². The summed E-state index contributed by atoms with van der Waals surface area (Å²) < 4.78 is 11.2. The largest absolute Gasteiger partial charge is 0.350 e. The first kappa shape index (κ1) is 16.0. The van der Waals surface area contributed by atoms with Gasteiger partial charge in [-0.3, -0.25) is 4.79 Å². The molecule has 0 N–H and O–H groups in total. The van der Waals surface area contributed by atoms with E-state index in [2.05, 4.69) is 38.7 Å². The third-order valence-electron chi connectivity index (χ3n) is 5.57. The van der Waals surface area contributed by atoms with Crippen LogP contribution in [0.2, 0.25) is 0 Å². The van der Waals surface area contributed by atoms with Gasteiger partial charge in [-0.2, -0.15) is 0 Å². The van der Waals surface area contributed by atoms with Crippen LogP contribution in [0.25, 0.3) is 0 Å². The lowest BCUT2D eigenvalue weighted by molar-refractivity contribution is -0.139. The highest BCUT2D eigenvalue weighted by molar-refractivity contribution is 5.84. The van der Waals surface area contributed by atoms with E-state index in [1.165, 1.54) is 5.57 Å². The molecule has 2 atom stereocenters. The lowest BCUT2D eigenvalue weighted by Crippen LogP contribution is -2.42. The Bertz CT molecular complexity index is 453. The van der Waals surface area contributed by atoms with Gasteiger partial charge in [0.05, 0.1) is 19.1 Å². The molecule has 0 spiro atoms. The lowest BCUT2D eigenvalue weighted by atomic mass is 9.95. The average Bonchev–Trinajstić information content (AvgIpc) is 2.87. The fourth-order valence-electron chi connectivity index (χ4n) is 4.06. The second kappa shape index (κ2) is 5.97. The molecule has 3 rings (SSSR count). The van der Waals surface area contributed by atoms with Gasteiger partial charge >= 0.3 is 0 Å². The first-order valence-corrected chi connectivity index (χ1v) is 8.58. The molecular weight excluding hydrogens is 278 g/mol. The first-order chi connectivity index (χ1) is 10.4. The van der Waals surface area contributed by atoms with E-state index in [1.54, 1.807) is 0 Å². The Kier molecular flexibility index (Phi) is 4.34. The van der Waals surface area contributed by atoms with Gasteiger partial charge < -0.3 is 14.4 Å². The van der Waals surface area contributed by atoms with Crippen LogP contribution in [0.5, 0.6) is 0 Å². The Balaban J connectivity index is 1.55. The van der Waals surface area contributed by atoms with Crippen molar-refractivity contribution in [1.29, 1.82) is 0 Å². The Morgan fingerprint density at radius 3 is 2.27 bits per heavy atom. The van der Waals surface area contributed by atoms with Crippen LogP contribution >= 0.6 is 0 Å². The molecular formula is C18H29NO3. The third-order valence-corrected chi connectivity index (χ3v) is 5.57. The van der Waals surface area contributed by atoms with E-state index in [0.29, 0.717) is 31.0 Å². The number of nitrogens with zero attached hydrogens (tertiary/aromatic N) is 1. The molecule has 1 amide bonds. The van der Waals surface area contributed by atoms with Gasteiger partial charge in [-0.25, -0.2) is 0 Å². The van der Waals surface area contributed by atoms with Crippen LogP contribution in [-0.2, 0) is 14.3 Å². The Morgan fingerprint density at radius 1 is 1.14 bits per heavy atom. The van der Waals surface area contributed by atoms with Gasteiger partial charge in [-0.15, -0.1) is 0 Å². The van der Waals surface area contributed by atoms with Crippen LogP contribution in [0.4, 0.5) is 0 Å². The van der Waals surface area contributed by atoms with Gasteiger partial charge in [0.2, 0.25) is 5.91 Å². The Morgan fingerprint density at radius 2 is 1.73 bits per heavy atom. The van der Waals surface area contributed by atoms with Crippen LogP contribution in [0.15, 0.2) is 11.6 Å². The van der Waals surface area contributed by atoms with Crippen LogP contribution < -0.4 is 0 Å². The molecule has 3 fully saturated rings. The van der Waals surface area contributed by atoms with E-state index in [9.17, 15) is 4.79 Å². The monoisotopic (exact) mass is 307 g/mol. The molecule has 1 saturated carbocycles. The fourth-order valence-corrected chi connectivity index (χ4v) is 4.06. The zero-order chi connectivity index (χ0) is 15.9. The minimum absolute atomic E-state index is 0.0342. The van der Waals surface area contributed by atoms with E-state index >= 15 is 0 Å². The maximum atomic E-state index is 12.8. The van der Waals surface area contributed by atoms with Crippen LogP contribution in [0, 0.1) is 23.2 Å². The zero-order valence-electron chi connectivity index (χ0n) is 14.3. The van der Waals surface area contributed by atoms with Crippen molar-refractivity contribution in [2.75, 3.05) is 26.3 Å². The summed E-state index contributed by atoms with van der Waals surface area (Å²) in [5.41, 5.74) is 1.42. The number of carbonyl (C=O) groups excluding carboxylic acids is 1. The predicted molar refractivity (Wildman–Crippen MR) is 85.2 cm³/mol. The molecule has 0 radical (unpaired) electrons. The number of rotatable bonds is 3. The zero-order valence-corrected chi connectivity index (χ0v) is 14.3. The third kappa shape index (κ3) is 2.95. The second-order valence-corrected chi connectivity index (χ2v) is 7.84. The fraction of sp³-hybridized carbons (Fsp3) is 0.833. The average molecular weight is 307 g/mol. The summed E-state index contributed by atoms with van der Waals surface area (Å²) in [5.74, 6) is 1.37. The molecule has 0 bridgehead atoms. The minimum atomic E-state index is -0.0342. The number of amides is 1. The van der Waals surface area contributed by atoms with Gasteiger partial charge in [0, 0.05) is 19.0 Å². The van der Waals surface area contributed by atoms with Crippen molar-refractivity contribution in [3.8, 4) is 0 Å². The normalized spacial score (nSPS) is 32.1. The Labute approximate surface area is 133 Å². The van der Waals surface area contributed by atoms with Crippen molar-refractivity contribution in [3.63, 3.8) is 0 Å². The number of piperidine rings is 1. The maximum Gasteiger partial charge on any atom is 0.226 e. The van der Waals surface area contributed by atoms with E-state index in [0.717, 1.165) is 25.9 Å². The molecule has 0 aromatic heterocycles. The molecule has 0 aromatic rings. The van der Waals surface area contributed by atoms with E-state index < -0.39 is 0 Å². The number of hydrogen-bond acceptors (Lipinski definition) is 3. The summed E-state index contributed by atoms with van der Waals surface area (Å²) in [6, 6.07) is 0. The summed E-state index contributed by atoms with van der Waals surface area (Å²) in [5, 5.41) is 0. The summed E-state index contributed by atoms with van der Waals surface area (Å²) in [6.45, 7) is 11.8. The van der Waals surface area contributed by atoms with Crippen molar-refractivity contribution in [2.45, 2.75) is 46.8 Å². The predicted octanol–water partition coefficient (Wildman–Crippen LogP) is 2.84. The SMILES string of the molecule is CC(C)=C[C@H]1[C@@H](C(=O)N2CCC(C3OCCO3)CC2)C1(C)C. The molecule has 1 aliphatic carbocycles. The van der Waals surface area contributed by atoms with Crippen molar-refractivity contribution < 1.29 is 14.3 Å². The molecule has 3 aliphatic rings. The lowest BCUT2D eigenvalue weighted by Gasteiger charge is -2.34. The van der Waals surface area contributed by atoms with Crippen molar-refractivity contribution in [3.05, 3.63) is 11.6 Å². The minimum Gasteiger partial charge on any atom is -0.350 e. The summed E-state index contributed by atoms with van der Waals surface area (Å²) in [4.78, 5) is 14.9. The van der Waals surface area contributed by atoms with Crippen LogP contribution in [-0.4, -0.2) is 43.4 Å². The molecule has 2 saturated heterocycles. The van der Waals surface area contributed by atoms with E-state index in [-0.39, 0.29) is 17.6 Å². The molecule has 22 heavy (non-hydrogen) atoms. The number of likely N-dealkylation sites (tertiary alicyclic amines) is 1. The smallest absolute Gasteiger partial charge is 0.226 e. The van der Waals surface area contributed by atoms with Crippen molar-refractivity contribution in [1.82, 2.24) is 4.90 Å². The van der Waals surface area contributed by atoms with Gasteiger partial charge in [-0.05, 0) is 38.0 Å². The molecule has 0 aromatic carbocycles. The second-order valence-electron chi connectivity index (χ2n) is 7.84. The van der Waals surface area contributed by atoms with Gasteiger partial charge in [-0.1, -0.05) is 25.5 Å². The maximum absolute atomic E-state index is 12.8. The highest BCUT2D eigenvalue weighted by Crippen LogP contribution is 2.60. The van der Waals surface area contributed by atoms with Crippen LogP contribution in [0.1, 0.15) is 40.5 Å². The van der Waals surface area contributed by atoms with Crippen molar-refractivity contribution in [2.24, 2.45) is 23.2 Å². The van der Waals surface area contributed by atoms with E-state index in [1.807, 2.05) is 0 Å². The highest BCUT2D eigenvalue weighted by Gasteiger charge is 2.61. The molecule has 2 aliphatic heterocycles.